The van der Waals surface area contributed by atoms with Crippen LogP contribution >= 0.6 is 0 Å². The number of nitrogens with one attached hydrogen (secondary N) is 1. The number of nitrogens with zero attached hydrogens (tertiary/aromatic N) is 2. The molecule has 0 spiro atoms. The van der Waals surface area contributed by atoms with Crippen molar-refractivity contribution in [3.63, 3.8) is 0 Å². The molecule has 1 N–H and O–H groups in total. The predicted octanol–water partition coefficient (Wildman–Crippen LogP) is 3.03. The molecule has 1 aromatic heterocycles. The first-order valence-electron chi connectivity index (χ1n) is 7.83. The zero-order chi connectivity index (χ0) is 18.2. The molecule has 0 saturated heterocycles. The Hall–Kier alpha value is -3.02. The number of aryl methyl sites for hydroxylation is 1. The van der Waals surface area contributed by atoms with Crippen LogP contribution in [0.2, 0.25) is 0 Å². The Labute approximate surface area is 146 Å². The fraction of sp³-hybridized carbons (Fsp3) is 0.211. The van der Waals surface area contributed by atoms with Gasteiger partial charge < -0.3 is 10.2 Å². The van der Waals surface area contributed by atoms with Gasteiger partial charge in [0.1, 0.15) is 11.6 Å². The first-order chi connectivity index (χ1) is 11.9. The van der Waals surface area contributed by atoms with Crippen LogP contribution in [0.1, 0.15) is 17.7 Å². The Balaban J connectivity index is 1.82. The van der Waals surface area contributed by atoms with Gasteiger partial charge in [0.05, 0.1) is 6.54 Å². The van der Waals surface area contributed by atoms with Gasteiger partial charge in [-0.15, -0.1) is 0 Å². The maximum atomic E-state index is 13.1. The molecule has 2 amide bonds. The number of benzene rings is 1. The zero-order valence-electron chi connectivity index (χ0n) is 14.2. The van der Waals surface area contributed by atoms with E-state index in [0.29, 0.717) is 11.4 Å². The van der Waals surface area contributed by atoms with Gasteiger partial charge in [-0.1, -0.05) is 30.4 Å². The lowest BCUT2D eigenvalue weighted by molar-refractivity contribution is -0.132. The molecule has 5 nitrogen and oxygen atoms in total. The number of rotatable bonds is 6. The number of amides is 2. The Morgan fingerprint density at radius 2 is 2.00 bits per heavy atom. The van der Waals surface area contributed by atoms with E-state index in [1.54, 1.807) is 43.5 Å². The van der Waals surface area contributed by atoms with E-state index in [2.05, 4.69) is 10.3 Å². The molecule has 25 heavy (non-hydrogen) atoms. The van der Waals surface area contributed by atoms with Crippen LogP contribution in [-0.4, -0.2) is 35.3 Å². The van der Waals surface area contributed by atoms with Gasteiger partial charge in [-0.3, -0.25) is 9.59 Å². The number of likely N-dealkylation sites (N-methyl/N-ethyl adjacent to an activating group) is 1. The minimum Gasteiger partial charge on any atom is -0.336 e. The first kappa shape index (κ1) is 18.3. The largest absolute Gasteiger partial charge is 0.336 e. The number of anilines is 1. The average Bonchev–Trinajstić information content (AvgIpc) is 2.54. The standard InChI is InChI=1S/C19H20FN3O2/c1-14-6-3-10-17(21-14)22-18(24)13-23(2)19(25)11-5-8-15-7-4-9-16(20)12-15/h3-10,12H,11,13H2,1-2H3,(H,21,22,24)/b8-5+. The molecule has 6 heteroatoms. The summed E-state index contributed by atoms with van der Waals surface area (Å²) in [5.41, 5.74) is 1.48. The minimum atomic E-state index is -0.327. The topological polar surface area (TPSA) is 62.3 Å². The fourth-order valence-electron chi connectivity index (χ4n) is 2.16. The molecular weight excluding hydrogens is 321 g/mol. The van der Waals surface area contributed by atoms with Crippen LogP contribution < -0.4 is 5.32 Å². The van der Waals surface area contributed by atoms with E-state index in [-0.39, 0.29) is 30.6 Å². The van der Waals surface area contributed by atoms with Crippen molar-refractivity contribution in [1.82, 2.24) is 9.88 Å². The number of hydrogen-bond acceptors (Lipinski definition) is 3. The number of halogens is 1. The third kappa shape index (κ3) is 6.18. The SMILES string of the molecule is Cc1cccc(NC(=O)CN(C)C(=O)C/C=C/c2cccc(F)c2)n1. The molecule has 0 atom stereocenters. The quantitative estimate of drug-likeness (QED) is 0.878. The van der Waals surface area contributed by atoms with Gasteiger partial charge in [0.25, 0.3) is 0 Å². The van der Waals surface area contributed by atoms with Crippen LogP contribution in [0.25, 0.3) is 6.08 Å². The number of pyridine rings is 1. The Morgan fingerprint density at radius 3 is 2.72 bits per heavy atom. The average molecular weight is 341 g/mol. The number of carbonyl (C=O) groups is 2. The van der Waals surface area contributed by atoms with Crippen molar-refractivity contribution in [2.24, 2.45) is 0 Å². The number of aromatic nitrogens is 1. The lowest BCUT2D eigenvalue weighted by Crippen LogP contribution is -2.34. The second kappa shape index (κ2) is 8.73. The van der Waals surface area contributed by atoms with Crippen molar-refractivity contribution in [3.8, 4) is 0 Å². The molecule has 0 aliphatic carbocycles. The predicted molar refractivity (Wildman–Crippen MR) is 95.3 cm³/mol. The maximum absolute atomic E-state index is 13.1. The maximum Gasteiger partial charge on any atom is 0.245 e. The first-order valence-corrected chi connectivity index (χ1v) is 7.83. The summed E-state index contributed by atoms with van der Waals surface area (Å²) in [6.07, 6.45) is 3.45. The smallest absolute Gasteiger partial charge is 0.245 e. The molecule has 0 aliphatic heterocycles. The Morgan fingerprint density at radius 1 is 1.24 bits per heavy atom. The lowest BCUT2D eigenvalue weighted by atomic mass is 10.2. The molecular formula is C19H20FN3O2. The highest BCUT2D eigenvalue weighted by molar-refractivity contribution is 5.94. The van der Waals surface area contributed by atoms with Crippen molar-refractivity contribution in [1.29, 1.82) is 0 Å². The summed E-state index contributed by atoms with van der Waals surface area (Å²) in [6.45, 7) is 1.76. The fourth-order valence-corrected chi connectivity index (χ4v) is 2.16. The second-order valence-electron chi connectivity index (χ2n) is 5.62. The molecule has 0 saturated carbocycles. The highest BCUT2D eigenvalue weighted by Crippen LogP contribution is 2.07. The van der Waals surface area contributed by atoms with Crippen LogP contribution in [0.4, 0.5) is 10.2 Å². The summed E-state index contributed by atoms with van der Waals surface area (Å²) >= 11 is 0. The van der Waals surface area contributed by atoms with Crippen molar-refractivity contribution in [2.75, 3.05) is 18.9 Å². The van der Waals surface area contributed by atoms with Crippen molar-refractivity contribution >= 4 is 23.7 Å². The highest BCUT2D eigenvalue weighted by atomic mass is 19.1. The third-order valence-corrected chi connectivity index (χ3v) is 3.41. The second-order valence-corrected chi connectivity index (χ2v) is 5.62. The van der Waals surface area contributed by atoms with E-state index in [0.717, 1.165) is 5.69 Å². The third-order valence-electron chi connectivity index (χ3n) is 3.41. The summed E-state index contributed by atoms with van der Waals surface area (Å²) in [6, 6.07) is 11.4. The normalized spacial score (nSPS) is 10.7. The minimum absolute atomic E-state index is 0.0672. The zero-order valence-corrected chi connectivity index (χ0v) is 14.2. The van der Waals surface area contributed by atoms with E-state index >= 15 is 0 Å². The van der Waals surface area contributed by atoms with Gasteiger partial charge in [0, 0.05) is 19.2 Å². The van der Waals surface area contributed by atoms with Gasteiger partial charge in [0.2, 0.25) is 11.8 Å². The number of carbonyl (C=O) groups excluding carboxylic acids is 2. The lowest BCUT2D eigenvalue weighted by Gasteiger charge is -2.15. The Bertz CT molecular complexity index is 790. The van der Waals surface area contributed by atoms with Crippen molar-refractivity contribution in [3.05, 3.63) is 65.6 Å². The monoisotopic (exact) mass is 341 g/mol. The molecule has 0 aliphatic rings. The van der Waals surface area contributed by atoms with Crippen LogP contribution in [-0.2, 0) is 9.59 Å². The molecule has 2 rings (SSSR count). The van der Waals surface area contributed by atoms with Gasteiger partial charge in [0.15, 0.2) is 0 Å². The van der Waals surface area contributed by atoms with E-state index in [1.165, 1.54) is 17.0 Å². The summed E-state index contributed by atoms with van der Waals surface area (Å²) in [5, 5.41) is 2.65. The molecule has 0 bridgehead atoms. The van der Waals surface area contributed by atoms with Crippen molar-refractivity contribution in [2.45, 2.75) is 13.3 Å². The summed E-state index contributed by atoms with van der Waals surface area (Å²) < 4.78 is 13.1. The van der Waals surface area contributed by atoms with Gasteiger partial charge >= 0.3 is 0 Å². The summed E-state index contributed by atoms with van der Waals surface area (Å²) in [4.78, 5) is 29.5. The van der Waals surface area contributed by atoms with E-state index in [1.807, 2.05) is 13.0 Å². The Kier molecular flexibility index (Phi) is 6.39. The van der Waals surface area contributed by atoms with Crippen LogP contribution in [0.5, 0.6) is 0 Å². The van der Waals surface area contributed by atoms with E-state index in [9.17, 15) is 14.0 Å². The molecule has 130 valence electrons. The molecule has 0 fully saturated rings. The number of hydrogen-bond donors (Lipinski definition) is 1. The van der Waals surface area contributed by atoms with Crippen LogP contribution in [0, 0.1) is 12.7 Å². The molecule has 1 heterocycles. The van der Waals surface area contributed by atoms with Gasteiger partial charge in [-0.25, -0.2) is 9.37 Å². The van der Waals surface area contributed by atoms with E-state index in [4.69, 9.17) is 0 Å². The van der Waals surface area contributed by atoms with E-state index < -0.39 is 0 Å². The summed E-state index contributed by atoms with van der Waals surface area (Å²) in [7, 11) is 1.56. The van der Waals surface area contributed by atoms with Crippen LogP contribution in [0.3, 0.4) is 0 Å². The molecule has 1 aromatic carbocycles. The summed E-state index contributed by atoms with van der Waals surface area (Å²) in [5.74, 6) is -0.396. The molecule has 2 aromatic rings. The highest BCUT2D eigenvalue weighted by Gasteiger charge is 2.12. The van der Waals surface area contributed by atoms with Gasteiger partial charge in [-0.2, -0.15) is 0 Å². The van der Waals surface area contributed by atoms with Crippen molar-refractivity contribution < 1.29 is 14.0 Å². The molecule has 0 unspecified atom stereocenters. The van der Waals surface area contributed by atoms with Gasteiger partial charge in [-0.05, 0) is 36.8 Å². The van der Waals surface area contributed by atoms with Crippen LogP contribution in [0.15, 0.2) is 48.5 Å². The molecule has 0 radical (unpaired) electrons.